The SMILES string of the molecule is CCCNc1ncc(C)c(-c2csc(C)c2)n1. The quantitative estimate of drug-likeness (QED) is 0.896. The number of aryl methyl sites for hydroxylation is 2. The Kier molecular flexibility index (Phi) is 3.74. The second kappa shape index (κ2) is 5.27. The summed E-state index contributed by atoms with van der Waals surface area (Å²) in [6.45, 7) is 7.20. The minimum Gasteiger partial charge on any atom is -0.354 e. The molecule has 0 aromatic carbocycles. The van der Waals surface area contributed by atoms with Gasteiger partial charge in [0.25, 0.3) is 0 Å². The molecule has 0 saturated heterocycles. The van der Waals surface area contributed by atoms with Crippen LogP contribution in [0.4, 0.5) is 5.95 Å². The second-order valence-corrected chi connectivity index (χ2v) is 5.21. The standard InChI is InChI=1S/C13H17N3S/c1-4-5-14-13-15-7-9(2)12(16-13)11-6-10(3)17-8-11/h6-8H,4-5H2,1-3H3,(H,14,15,16). The number of aromatic nitrogens is 2. The van der Waals surface area contributed by atoms with E-state index in [0.717, 1.165) is 30.2 Å². The van der Waals surface area contributed by atoms with Gasteiger partial charge in [-0.05, 0) is 31.9 Å². The molecular weight excluding hydrogens is 230 g/mol. The van der Waals surface area contributed by atoms with Crippen LogP contribution in [0.2, 0.25) is 0 Å². The van der Waals surface area contributed by atoms with E-state index in [1.807, 2.05) is 13.1 Å². The van der Waals surface area contributed by atoms with Crippen molar-refractivity contribution in [2.75, 3.05) is 11.9 Å². The molecule has 4 heteroatoms. The van der Waals surface area contributed by atoms with Gasteiger partial charge in [-0.2, -0.15) is 0 Å². The minimum absolute atomic E-state index is 0.719. The van der Waals surface area contributed by atoms with Gasteiger partial charge >= 0.3 is 0 Å². The van der Waals surface area contributed by atoms with E-state index in [-0.39, 0.29) is 0 Å². The lowest BCUT2D eigenvalue weighted by Gasteiger charge is -2.07. The van der Waals surface area contributed by atoms with Crippen LogP contribution in [0, 0.1) is 13.8 Å². The lowest BCUT2D eigenvalue weighted by molar-refractivity contribution is 0.951. The summed E-state index contributed by atoms with van der Waals surface area (Å²) in [7, 11) is 0. The number of rotatable bonds is 4. The van der Waals surface area contributed by atoms with Crippen LogP contribution in [0.3, 0.4) is 0 Å². The third-order valence-electron chi connectivity index (χ3n) is 2.51. The van der Waals surface area contributed by atoms with Gasteiger partial charge in [-0.1, -0.05) is 6.92 Å². The van der Waals surface area contributed by atoms with E-state index in [2.05, 4.69) is 40.6 Å². The fraction of sp³-hybridized carbons (Fsp3) is 0.385. The Bertz CT molecular complexity index is 505. The molecule has 0 unspecified atom stereocenters. The first-order valence-corrected chi connectivity index (χ1v) is 6.71. The molecule has 0 atom stereocenters. The molecule has 0 amide bonds. The summed E-state index contributed by atoms with van der Waals surface area (Å²) < 4.78 is 0. The number of nitrogens with one attached hydrogen (secondary N) is 1. The highest BCUT2D eigenvalue weighted by molar-refractivity contribution is 7.10. The van der Waals surface area contributed by atoms with Gasteiger partial charge < -0.3 is 5.32 Å². The number of hydrogen-bond acceptors (Lipinski definition) is 4. The van der Waals surface area contributed by atoms with Gasteiger partial charge in [-0.15, -0.1) is 11.3 Å². The summed E-state index contributed by atoms with van der Waals surface area (Å²) in [5.41, 5.74) is 3.33. The van der Waals surface area contributed by atoms with E-state index in [1.165, 1.54) is 10.4 Å². The maximum atomic E-state index is 4.58. The molecule has 0 radical (unpaired) electrons. The molecule has 0 aliphatic carbocycles. The number of hydrogen-bond donors (Lipinski definition) is 1. The molecule has 2 aromatic rings. The van der Waals surface area contributed by atoms with Gasteiger partial charge in [0.15, 0.2) is 0 Å². The van der Waals surface area contributed by atoms with E-state index in [9.17, 15) is 0 Å². The van der Waals surface area contributed by atoms with Crippen LogP contribution in [0.25, 0.3) is 11.3 Å². The molecule has 3 nitrogen and oxygen atoms in total. The van der Waals surface area contributed by atoms with Crippen LogP contribution in [0.5, 0.6) is 0 Å². The van der Waals surface area contributed by atoms with Crippen LogP contribution >= 0.6 is 11.3 Å². The maximum absolute atomic E-state index is 4.58. The van der Waals surface area contributed by atoms with Gasteiger partial charge in [0.05, 0.1) is 5.69 Å². The van der Waals surface area contributed by atoms with Gasteiger partial charge in [0, 0.05) is 28.6 Å². The molecule has 2 heterocycles. The van der Waals surface area contributed by atoms with E-state index < -0.39 is 0 Å². The Balaban J connectivity index is 2.32. The van der Waals surface area contributed by atoms with Gasteiger partial charge in [-0.3, -0.25) is 0 Å². The normalized spacial score (nSPS) is 10.5. The predicted octanol–water partition coefficient (Wildman–Crippen LogP) is 3.64. The van der Waals surface area contributed by atoms with Crippen molar-refractivity contribution in [1.82, 2.24) is 9.97 Å². The van der Waals surface area contributed by atoms with Crippen molar-refractivity contribution < 1.29 is 0 Å². The first kappa shape index (κ1) is 12.0. The Morgan fingerprint density at radius 2 is 2.18 bits per heavy atom. The third kappa shape index (κ3) is 2.82. The summed E-state index contributed by atoms with van der Waals surface area (Å²) in [6.07, 6.45) is 2.96. The van der Waals surface area contributed by atoms with E-state index in [0.29, 0.717) is 0 Å². The average molecular weight is 247 g/mol. The Morgan fingerprint density at radius 1 is 1.35 bits per heavy atom. The smallest absolute Gasteiger partial charge is 0.223 e. The Morgan fingerprint density at radius 3 is 2.82 bits per heavy atom. The lowest BCUT2D eigenvalue weighted by atomic mass is 10.1. The lowest BCUT2D eigenvalue weighted by Crippen LogP contribution is -2.05. The predicted molar refractivity (Wildman–Crippen MR) is 73.6 cm³/mol. The van der Waals surface area contributed by atoms with Crippen molar-refractivity contribution in [3.05, 3.63) is 28.1 Å². The molecule has 17 heavy (non-hydrogen) atoms. The fourth-order valence-electron chi connectivity index (χ4n) is 1.62. The molecule has 0 fully saturated rings. The molecule has 0 aliphatic rings. The van der Waals surface area contributed by atoms with Gasteiger partial charge in [-0.25, -0.2) is 9.97 Å². The van der Waals surface area contributed by atoms with Crippen LogP contribution in [-0.4, -0.2) is 16.5 Å². The van der Waals surface area contributed by atoms with Crippen molar-refractivity contribution >= 4 is 17.3 Å². The van der Waals surface area contributed by atoms with Crippen LogP contribution in [0.1, 0.15) is 23.8 Å². The summed E-state index contributed by atoms with van der Waals surface area (Å²) in [6, 6.07) is 2.17. The van der Waals surface area contributed by atoms with Crippen molar-refractivity contribution in [1.29, 1.82) is 0 Å². The third-order valence-corrected chi connectivity index (χ3v) is 3.37. The van der Waals surface area contributed by atoms with E-state index >= 15 is 0 Å². The topological polar surface area (TPSA) is 37.8 Å². The van der Waals surface area contributed by atoms with Gasteiger partial charge in [0.2, 0.25) is 5.95 Å². The highest BCUT2D eigenvalue weighted by Crippen LogP contribution is 2.26. The van der Waals surface area contributed by atoms with Crippen LogP contribution in [-0.2, 0) is 0 Å². The van der Waals surface area contributed by atoms with Crippen molar-refractivity contribution in [3.8, 4) is 11.3 Å². The zero-order valence-electron chi connectivity index (χ0n) is 10.4. The Hall–Kier alpha value is -1.42. The van der Waals surface area contributed by atoms with Crippen LogP contribution in [0.15, 0.2) is 17.6 Å². The monoisotopic (exact) mass is 247 g/mol. The largest absolute Gasteiger partial charge is 0.354 e. The first-order valence-electron chi connectivity index (χ1n) is 5.83. The van der Waals surface area contributed by atoms with Crippen molar-refractivity contribution in [3.63, 3.8) is 0 Å². The highest BCUT2D eigenvalue weighted by Gasteiger charge is 2.07. The summed E-state index contributed by atoms with van der Waals surface area (Å²) in [4.78, 5) is 10.2. The molecule has 2 rings (SSSR count). The fourth-order valence-corrected chi connectivity index (χ4v) is 2.31. The molecule has 0 aliphatic heterocycles. The molecule has 90 valence electrons. The van der Waals surface area contributed by atoms with E-state index in [1.54, 1.807) is 11.3 Å². The minimum atomic E-state index is 0.719. The van der Waals surface area contributed by atoms with E-state index in [4.69, 9.17) is 0 Å². The molecule has 0 spiro atoms. The Labute approximate surface area is 106 Å². The zero-order valence-corrected chi connectivity index (χ0v) is 11.3. The number of nitrogens with zero attached hydrogens (tertiary/aromatic N) is 2. The number of thiophene rings is 1. The molecule has 1 N–H and O–H groups in total. The van der Waals surface area contributed by atoms with Crippen molar-refractivity contribution in [2.24, 2.45) is 0 Å². The highest BCUT2D eigenvalue weighted by atomic mass is 32.1. The maximum Gasteiger partial charge on any atom is 0.223 e. The van der Waals surface area contributed by atoms with Gasteiger partial charge in [0.1, 0.15) is 0 Å². The summed E-state index contributed by atoms with van der Waals surface area (Å²) in [5, 5.41) is 5.37. The molecule has 2 aromatic heterocycles. The second-order valence-electron chi connectivity index (χ2n) is 4.10. The summed E-state index contributed by atoms with van der Waals surface area (Å²) in [5.74, 6) is 0.719. The zero-order chi connectivity index (χ0) is 12.3. The molecule has 0 bridgehead atoms. The molecular formula is C13H17N3S. The average Bonchev–Trinajstić information content (AvgIpc) is 2.75. The first-order chi connectivity index (χ1) is 8.20. The summed E-state index contributed by atoms with van der Waals surface area (Å²) >= 11 is 1.75. The molecule has 0 saturated carbocycles. The van der Waals surface area contributed by atoms with Crippen molar-refractivity contribution in [2.45, 2.75) is 27.2 Å². The van der Waals surface area contributed by atoms with Crippen LogP contribution < -0.4 is 5.32 Å². The number of anilines is 1.